The molecule has 12 nitrogen and oxygen atoms in total. The second kappa shape index (κ2) is 17.3. The average molecular weight is 640 g/mol. The number of amides is 4. The Labute approximate surface area is 263 Å². The molecule has 1 aromatic carbocycles. The normalized spacial score (nSPS) is 14.5. The second-order valence-electron chi connectivity index (χ2n) is 12.6. The van der Waals surface area contributed by atoms with E-state index in [4.69, 9.17) is 0 Å². The van der Waals surface area contributed by atoms with Crippen molar-refractivity contribution in [2.24, 2.45) is 17.8 Å². The Hall–Kier alpha value is -3.19. The smallest absolute Gasteiger partial charge is 0.251 e. The summed E-state index contributed by atoms with van der Waals surface area (Å²) in [5.74, 6) is -2.50. The minimum absolute atomic E-state index is 0.0155. The molecule has 0 aliphatic rings. The van der Waals surface area contributed by atoms with Crippen molar-refractivity contribution in [2.75, 3.05) is 24.2 Å². The lowest BCUT2D eigenvalue weighted by Crippen LogP contribution is -2.53. The molecule has 0 bridgehead atoms. The van der Waals surface area contributed by atoms with Crippen LogP contribution in [0.15, 0.2) is 18.2 Å². The van der Waals surface area contributed by atoms with E-state index in [2.05, 4.69) is 21.3 Å². The summed E-state index contributed by atoms with van der Waals surface area (Å²) in [6.45, 7) is 15.1. The summed E-state index contributed by atoms with van der Waals surface area (Å²) in [4.78, 5) is 51.9. The summed E-state index contributed by atoms with van der Waals surface area (Å²) < 4.78 is 25.5. The number of sulfonamides is 1. The maximum Gasteiger partial charge on any atom is 0.251 e. The Morgan fingerprint density at radius 2 is 1.41 bits per heavy atom. The highest BCUT2D eigenvalue weighted by Crippen LogP contribution is 2.22. The number of carbonyl (C=O) groups excluding carboxylic acids is 4. The van der Waals surface area contributed by atoms with E-state index < -0.39 is 51.9 Å². The van der Waals surface area contributed by atoms with E-state index in [9.17, 15) is 32.7 Å². The fourth-order valence-electron chi connectivity index (χ4n) is 4.50. The van der Waals surface area contributed by atoms with E-state index >= 15 is 0 Å². The molecular formula is C31H53N5O7S. The Bertz CT molecular complexity index is 1250. The van der Waals surface area contributed by atoms with Crippen molar-refractivity contribution in [1.82, 2.24) is 21.3 Å². The van der Waals surface area contributed by atoms with Crippen LogP contribution in [0.4, 0.5) is 5.69 Å². The maximum absolute atomic E-state index is 13.5. The molecule has 0 heterocycles. The molecule has 1 aromatic rings. The molecule has 0 saturated heterocycles. The summed E-state index contributed by atoms with van der Waals surface area (Å²) in [5, 5.41) is 22.4. The topological polar surface area (TPSA) is 174 Å². The summed E-state index contributed by atoms with van der Waals surface area (Å²) >= 11 is 0. The molecule has 5 N–H and O–H groups in total. The number of carbonyl (C=O) groups is 4. The second-order valence-corrected chi connectivity index (χ2v) is 14.6. The molecule has 0 fully saturated rings. The van der Waals surface area contributed by atoms with Crippen molar-refractivity contribution in [1.29, 1.82) is 0 Å². The molecule has 0 spiro atoms. The molecule has 1 rings (SSSR count). The first-order chi connectivity index (χ1) is 20.3. The maximum atomic E-state index is 13.5. The van der Waals surface area contributed by atoms with E-state index in [0.717, 1.165) is 10.6 Å². The monoisotopic (exact) mass is 639 g/mol. The minimum atomic E-state index is -3.69. The molecule has 13 heteroatoms. The Balaban J connectivity index is 3.24. The van der Waals surface area contributed by atoms with Gasteiger partial charge in [0.2, 0.25) is 21.8 Å². The van der Waals surface area contributed by atoms with Crippen LogP contribution in [0.2, 0.25) is 0 Å². The van der Waals surface area contributed by atoms with Gasteiger partial charge in [-0.05, 0) is 63.1 Å². The van der Waals surface area contributed by atoms with E-state index in [0.29, 0.717) is 19.4 Å². The van der Waals surface area contributed by atoms with Gasteiger partial charge in [-0.25, -0.2) is 8.42 Å². The average Bonchev–Trinajstić information content (AvgIpc) is 2.91. The molecule has 4 amide bonds. The van der Waals surface area contributed by atoms with Gasteiger partial charge in [0.05, 0.1) is 24.1 Å². The number of aliphatic hydroxyl groups excluding tert-OH is 1. The number of nitrogens with one attached hydrogen (secondary N) is 4. The third kappa shape index (κ3) is 12.4. The van der Waals surface area contributed by atoms with Gasteiger partial charge in [-0.15, -0.1) is 0 Å². The lowest BCUT2D eigenvalue weighted by molar-refractivity contribution is -0.132. The van der Waals surface area contributed by atoms with Crippen LogP contribution in [-0.2, 0) is 19.6 Å². The fraction of sp³-hybridized carbons (Fsp3) is 0.677. The summed E-state index contributed by atoms with van der Waals surface area (Å²) in [7, 11) is -2.36. The predicted octanol–water partition coefficient (Wildman–Crippen LogP) is 2.42. The van der Waals surface area contributed by atoms with E-state index in [1.165, 1.54) is 25.2 Å². The molecule has 0 aliphatic carbocycles. The zero-order valence-corrected chi connectivity index (χ0v) is 28.7. The van der Waals surface area contributed by atoms with Gasteiger partial charge in [0.15, 0.2) is 0 Å². The van der Waals surface area contributed by atoms with Gasteiger partial charge in [-0.3, -0.25) is 23.5 Å². The SMILES string of the molecule is CCCNC(=O)c1cc(C(=O)NC(CC(C)C)C(O)CC(C)C(=O)NC(C(=O)NC(C)C)C(C)C)cc(N(C)S(C)(=O)=O)c1. The Kier molecular flexibility index (Phi) is 15.3. The lowest BCUT2D eigenvalue weighted by atomic mass is 9.91. The predicted molar refractivity (Wildman–Crippen MR) is 173 cm³/mol. The number of rotatable bonds is 17. The number of hydrogen-bond acceptors (Lipinski definition) is 7. The number of anilines is 1. The van der Waals surface area contributed by atoms with Crippen LogP contribution >= 0.6 is 0 Å². The van der Waals surface area contributed by atoms with Crippen molar-refractivity contribution in [3.8, 4) is 0 Å². The van der Waals surface area contributed by atoms with Crippen molar-refractivity contribution < 1.29 is 32.7 Å². The van der Waals surface area contributed by atoms with Crippen LogP contribution in [-0.4, -0.2) is 81.2 Å². The lowest BCUT2D eigenvalue weighted by Gasteiger charge is -2.29. The summed E-state index contributed by atoms with van der Waals surface area (Å²) in [6.07, 6.45) is 0.999. The molecule has 4 atom stereocenters. The first kappa shape index (κ1) is 38.8. The number of hydrogen-bond donors (Lipinski definition) is 5. The highest BCUT2D eigenvalue weighted by atomic mass is 32.2. The molecule has 250 valence electrons. The van der Waals surface area contributed by atoms with E-state index in [1.54, 1.807) is 6.92 Å². The van der Waals surface area contributed by atoms with Gasteiger partial charge in [-0.2, -0.15) is 0 Å². The molecule has 0 saturated carbocycles. The molecule has 0 aromatic heterocycles. The van der Waals surface area contributed by atoms with Gasteiger partial charge < -0.3 is 26.4 Å². The zero-order chi connectivity index (χ0) is 33.9. The van der Waals surface area contributed by atoms with Gasteiger partial charge in [0, 0.05) is 36.7 Å². The Morgan fingerprint density at radius 1 is 0.841 bits per heavy atom. The van der Waals surface area contributed by atoms with Gasteiger partial charge in [0.25, 0.3) is 11.8 Å². The zero-order valence-electron chi connectivity index (χ0n) is 27.9. The summed E-state index contributed by atoms with van der Waals surface area (Å²) in [6, 6.07) is 2.57. The van der Waals surface area contributed by atoms with Gasteiger partial charge in [0.1, 0.15) is 6.04 Å². The summed E-state index contributed by atoms with van der Waals surface area (Å²) in [5.41, 5.74) is 0.292. The van der Waals surface area contributed by atoms with Crippen LogP contribution in [0.25, 0.3) is 0 Å². The van der Waals surface area contributed by atoms with Crippen molar-refractivity contribution >= 4 is 39.3 Å². The van der Waals surface area contributed by atoms with E-state index in [1.807, 2.05) is 48.5 Å². The van der Waals surface area contributed by atoms with Crippen molar-refractivity contribution in [2.45, 2.75) is 98.9 Å². The first-order valence-corrected chi connectivity index (χ1v) is 17.1. The van der Waals surface area contributed by atoms with Gasteiger partial charge >= 0.3 is 0 Å². The molecular weight excluding hydrogens is 586 g/mol. The standard InChI is InChI=1S/C31H53N5O7S/c1-11-12-32-29(39)22-15-23(17-24(16-22)36(9)44(10,42)43)30(40)34-25(13-18(2)3)26(37)14-21(8)28(38)35-27(19(4)5)31(41)33-20(6)7/h15-21,25-27,37H,11-14H2,1-10H3,(H,32,39)(H,33,41)(H,34,40)(H,35,38). The van der Waals surface area contributed by atoms with Crippen LogP contribution < -0.4 is 25.6 Å². The highest BCUT2D eigenvalue weighted by Gasteiger charge is 2.30. The Morgan fingerprint density at radius 3 is 1.89 bits per heavy atom. The molecule has 0 aliphatic heterocycles. The highest BCUT2D eigenvalue weighted by molar-refractivity contribution is 7.92. The number of aliphatic hydroxyl groups is 1. The molecule has 4 unspecified atom stereocenters. The molecule has 0 radical (unpaired) electrons. The fourth-order valence-corrected chi connectivity index (χ4v) is 4.99. The first-order valence-electron chi connectivity index (χ1n) is 15.2. The largest absolute Gasteiger partial charge is 0.391 e. The third-order valence-electron chi connectivity index (χ3n) is 7.07. The van der Waals surface area contributed by atoms with Crippen LogP contribution in [0.1, 0.15) is 95.4 Å². The van der Waals surface area contributed by atoms with E-state index in [-0.39, 0.29) is 47.0 Å². The molecule has 44 heavy (non-hydrogen) atoms. The van der Waals surface area contributed by atoms with Crippen molar-refractivity contribution in [3.05, 3.63) is 29.3 Å². The van der Waals surface area contributed by atoms with Crippen LogP contribution in [0.5, 0.6) is 0 Å². The third-order valence-corrected chi connectivity index (χ3v) is 8.27. The van der Waals surface area contributed by atoms with Crippen molar-refractivity contribution in [3.63, 3.8) is 0 Å². The number of benzene rings is 1. The quantitative estimate of drug-likeness (QED) is 0.174. The number of nitrogens with zero attached hydrogens (tertiary/aromatic N) is 1. The van der Waals surface area contributed by atoms with Gasteiger partial charge in [-0.1, -0.05) is 41.5 Å². The minimum Gasteiger partial charge on any atom is -0.391 e. The van der Waals surface area contributed by atoms with Crippen LogP contribution in [0.3, 0.4) is 0 Å². The van der Waals surface area contributed by atoms with Crippen LogP contribution in [0, 0.1) is 17.8 Å².